The van der Waals surface area contributed by atoms with Crippen molar-refractivity contribution in [3.8, 4) is 5.75 Å². The van der Waals surface area contributed by atoms with E-state index in [1.807, 2.05) is 6.07 Å². The van der Waals surface area contributed by atoms with Crippen molar-refractivity contribution in [2.24, 2.45) is 5.10 Å². The van der Waals surface area contributed by atoms with Crippen molar-refractivity contribution >= 4 is 55.4 Å². The Kier molecular flexibility index (Phi) is 7.45. The number of nitrogens with one attached hydrogen (secondary N) is 1. The molecule has 150 valence electrons. The number of benzene rings is 2. The zero-order valence-corrected chi connectivity index (χ0v) is 18.6. The smallest absolute Gasteiger partial charge is 0.260 e. The Morgan fingerprint density at radius 3 is 2.71 bits per heavy atom. The maximum Gasteiger partial charge on any atom is 0.260 e. The molecule has 0 aliphatic heterocycles. The summed E-state index contributed by atoms with van der Waals surface area (Å²) in [6, 6.07) is 10.2. The van der Waals surface area contributed by atoms with E-state index in [2.05, 4.69) is 26.5 Å². The lowest BCUT2D eigenvalue weighted by Crippen LogP contribution is -2.39. The van der Waals surface area contributed by atoms with Crippen molar-refractivity contribution in [2.45, 2.75) is 6.92 Å². The average molecular weight is 489 g/mol. The molecule has 0 heterocycles. The molecule has 0 saturated carbocycles. The van der Waals surface area contributed by atoms with Gasteiger partial charge in [0.1, 0.15) is 12.3 Å². The number of hydrazone groups is 1. The van der Waals surface area contributed by atoms with Crippen molar-refractivity contribution in [1.82, 2.24) is 5.43 Å². The molecular weight excluding hydrogens is 470 g/mol. The van der Waals surface area contributed by atoms with Crippen molar-refractivity contribution in [1.29, 1.82) is 0 Å². The number of carbonyl (C=O) groups excluding carboxylic acids is 1. The van der Waals surface area contributed by atoms with E-state index in [0.717, 1.165) is 15.0 Å². The fourth-order valence-corrected chi connectivity index (χ4v) is 3.85. The molecule has 2 aromatic rings. The molecule has 1 amide bonds. The minimum Gasteiger partial charge on any atom is -0.496 e. The Bertz CT molecular complexity index is 1010. The van der Waals surface area contributed by atoms with Crippen LogP contribution in [0, 0.1) is 6.92 Å². The number of ether oxygens (including phenoxy) is 1. The van der Waals surface area contributed by atoms with Crippen molar-refractivity contribution in [2.75, 3.05) is 24.2 Å². The summed E-state index contributed by atoms with van der Waals surface area (Å²) < 4.78 is 31.4. The van der Waals surface area contributed by atoms with Crippen LogP contribution in [-0.2, 0) is 14.8 Å². The number of hydrogen-bond acceptors (Lipinski definition) is 5. The molecule has 0 atom stereocenters. The highest BCUT2D eigenvalue weighted by atomic mass is 79.9. The molecule has 1 N–H and O–H groups in total. The van der Waals surface area contributed by atoms with Gasteiger partial charge in [0.2, 0.25) is 10.0 Å². The van der Waals surface area contributed by atoms with Gasteiger partial charge in [-0.1, -0.05) is 33.6 Å². The van der Waals surface area contributed by atoms with Gasteiger partial charge >= 0.3 is 0 Å². The summed E-state index contributed by atoms with van der Waals surface area (Å²) in [4.78, 5) is 12.3. The topological polar surface area (TPSA) is 88.1 Å². The van der Waals surface area contributed by atoms with Gasteiger partial charge < -0.3 is 4.74 Å². The highest BCUT2D eigenvalue weighted by Gasteiger charge is 2.23. The summed E-state index contributed by atoms with van der Waals surface area (Å²) in [6.45, 7) is 1.25. The van der Waals surface area contributed by atoms with Gasteiger partial charge in [-0.3, -0.25) is 9.10 Å². The van der Waals surface area contributed by atoms with E-state index in [9.17, 15) is 13.2 Å². The number of halogens is 2. The predicted octanol–water partition coefficient (Wildman–Crippen LogP) is 3.34. The molecule has 2 rings (SSSR count). The van der Waals surface area contributed by atoms with E-state index in [1.165, 1.54) is 13.3 Å². The number of sulfonamides is 1. The number of anilines is 1. The van der Waals surface area contributed by atoms with Crippen molar-refractivity contribution < 1.29 is 17.9 Å². The van der Waals surface area contributed by atoms with Crippen LogP contribution in [0.3, 0.4) is 0 Å². The zero-order chi connectivity index (χ0) is 20.9. The van der Waals surface area contributed by atoms with Gasteiger partial charge in [-0.05, 0) is 42.8 Å². The van der Waals surface area contributed by atoms with Crippen LogP contribution in [0.4, 0.5) is 5.69 Å². The van der Waals surface area contributed by atoms with Gasteiger partial charge in [-0.15, -0.1) is 0 Å². The van der Waals surface area contributed by atoms with Gasteiger partial charge in [0, 0.05) is 15.1 Å². The summed E-state index contributed by atoms with van der Waals surface area (Å²) in [5.41, 5.74) is 3.87. The minimum atomic E-state index is -3.71. The molecule has 0 fully saturated rings. The highest BCUT2D eigenvalue weighted by molar-refractivity contribution is 9.10. The number of amides is 1. The lowest BCUT2D eigenvalue weighted by atomic mass is 10.2. The van der Waals surface area contributed by atoms with Gasteiger partial charge in [0.15, 0.2) is 0 Å². The van der Waals surface area contributed by atoms with Crippen molar-refractivity contribution in [3.05, 3.63) is 57.0 Å². The van der Waals surface area contributed by atoms with E-state index in [0.29, 0.717) is 27.6 Å². The minimum absolute atomic E-state index is 0.336. The monoisotopic (exact) mass is 487 g/mol. The summed E-state index contributed by atoms with van der Waals surface area (Å²) in [5, 5.41) is 4.30. The van der Waals surface area contributed by atoms with Crippen LogP contribution in [-0.4, -0.2) is 40.4 Å². The highest BCUT2D eigenvalue weighted by Crippen LogP contribution is 2.28. The molecule has 0 saturated heterocycles. The van der Waals surface area contributed by atoms with Crippen LogP contribution in [0.5, 0.6) is 5.75 Å². The van der Waals surface area contributed by atoms with Crippen LogP contribution >= 0.6 is 27.5 Å². The quantitative estimate of drug-likeness (QED) is 0.478. The first-order chi connectivity index (χ1) is 13.1. The molecule has 0 bridgehead atoms. The first-order valence-electron chi connectivity index (χ1n) is 8.01. The second-order valence-electron chi connectivity index (χ2n) is 5.83. The van der Waals surface area contributed by atoms with E-state index >= 15 is 0 Å². The molecule has 10 heteroatoms. The summed E-state index contributed by atoms with van der Waals surface area (Å²) in [7, 11) is -2.19. The molecule has 0 unspecified atom stereocenters. The van der Waals surface area contributed by atoms with Gasteiger partial charge in [0.25, 0.3) is 5.91 Å². The van der Waals surface area contributed by atoms with E-state index < -0.39 is 22.5 Å². The zero-order valence-electron chi connectivity index (χ0n) is 15.4. The Hall–Kier alpha value is -2.10. The lowest BCUT2D eigenvalue weighted by molar-refractivity contribution is -0.119. The average Bonchev–Trinajstić information content (AvgIpc) is 2.62. The van der Waals surface area contributed by atoms with Crippen LogP contribution in [0.2, 0.25) is 5.02 Å². The summed E-state index contributed by atoms with van der Waals surface area (Å²) in [5.74, 6) is -0.0245. The fourth-order valence-electron chi connectivity index (χ4n) is 2.39. The Morgan fingerprint density at radius 1 is 1.36 bits per heavy atom. The maximum absolute atomic E-state index is 12.3. The molecular formula is C18H19BrClN3O4S. The lowest BCUT2D eigenvalue weighted by Gasteiger charge is -2.23. The number of rotatable bonds is 7. The molecule has 28 heavy (non-hydrogen) atoms. The third-order valence-electron chi connectivity index (χ3n) is 3.78. The molecule has 0 spiro atoms. The standard InChI is InChI=1S/C18H19BrClN3O4S/c1-12-15(20)5-4-6-16(12)23(28(3,25)26)11-18(24)22-21-10-13-9-14(19)7-8-17(13)27-2/h4-10H,11H2,1-3H3,(H,22,24)/b21-10-. The maximum atomic E-state index is 12.3. The van der Waals surface area contributed by atoms with Crippen LogP contribution in [0.1, 0.15) is 11.1 Å². The largest absolute Gasteiger partial charge is 0.496 e. The van der Waals surface area contributed by atoms with Crippen LogP contribution in [0.25, 0.3) is 0 Å². The second-order valence-corrected chi connectivity index (χ2v) is 9.06. The van der Waals surface area contributed by atoms with Gasteiger partial charge in [-0.2, -0.15) is 5.10 Å². The number of carbonyl (C=O) groups is 1. The number of methoxy groups -OCH3 is 1. The third-order valence-corrected chi connectivity index (χ3v) is 5.81. The summed E-state index contributed by atoms with van der Waals surface area (Å²) >= 11 is 9.43. The van der Waals surface area contributed by atoms with E-state index in [1.54, 1.807) is 37.3 Å². The van der Waals surface area contributed by atoms with Gasteiger partial charge in [0.05, 0.1) is 25.3 Å². The molecule has 0 aliphatic carbocycles. The van der Waals surface area contributed by atoms with Gasteiger partial charge in [-0.25, -0.2) is 13.8 Å². The SMILES string of the molecule is COc1ccc(Br)cc1/C=N\NC(=O)CN(c1cccc(Cl)c1C)S(C)(=O)=O. The normalized spacial score (nSPS) is 11.5. The van der Waals surface area contributed by atoms with Crippen molar-refractivity contribution in [3.63, 3.8) is 0 Å². The molecule has 0 aromatic heterocycles. The fraction of sp³-hybridized carbons (Fsp3) is 0.222. The Labute approximate surface area is 177 Å². The number of nitrogens with zero attached hydrogens (tertiary/aromatic N) is 2. The molecule has 2 aromatic carbocycles. The second kappa shape index (κ2) is 9.40. The molecule has 0 radical (unpaired) electrons. The predicted molar refractivity (Wildman–Crippen MR) is 115 cm³/mol. The number of hydrogen-bond donors (Lipinski definition) is 1. The summed E-state index contributed by atoms with van der Waals surface area (Å²) in [6.07, 6.45) is 2.44. The first kappa shape index (κ1) is 22.2. The molecule has 0 aliphatic rings. The van der Waals surface area contributed by atoms with E-state index in [4.69, 9.17) is 16.3 Å². The van der Waals surface area contributed by atoms with Crippen LogP contribution in [0.15, 0.2) is 46.0 Å². The third kappa shape index (κ3) is 5.70. The Morgan fingerprint density at radius 2 is 2.07 bits per heavy atom. The molecule has 7 nitrogen and oxygen atoms in total. The first-order valence-corrected chi connectivity index (χ1v) is 11.0. The Balaban J connectivity index is 2.17. The van der Waals surface area contributed by atoms with Crippen LogP contribution < -0.4 is 14.5 Å². The van der Waals surface area contributed by atoms with E-state index in [-0.39, 0.29) is 0 Å².